The zero-order valence-corrected chi connectivity index (χ0v) is 11.9. The standard InChI is InChI=1S/C13H24N2O4/c1-13(2,3)19-12(18)14-10(11(16)17)6-9-15-7-4-5-8-15/h10H,4-9H2,1-3H3,(H,14,18)(H,16,17). The molecule has 0 aliphatic carbocycles. The van der Waals surface area contributed by atoms with Crippen molar-refractivity contribution in [1.82, 2.24) is 10.2 Å². The quantitative estimate of drug-likeness (QED) is 0.792. The molecular weight excluding hydrogens is 248 g/mol. The number of alkyl carbamates (subject to hydrolysis) is 1. The van der Waals surface area contributed by atoms with Gasteiger partial charge in [0.25, 0.3) is 0 Å². The third-order valence-corrected chi connectivity index (χ3v) is 2.92. The molecule has 1 amide bonds. The first-order valence-electron chi connectivity index (χ1n) is 6.72. The van der Waals surface area contributed by atoms with Crippen LogP contribution in [0.1, 0.15) is 40.0 Å². The van der Waals surface area contributed by atoms with Crippen molar-refractivity contribution in [3.63, 3.8) is 0 Å². The summed E-state index contributed by atoms with van der Waals surface area (Å²) >= 11 is 0. The molecule has 1 rings (SSSR count). The van der Waals surface area contributed by atoms with Gasteiger partial charge in [-0.05, 0) is 53.1 Å². The van der Waals surface area contributed by atoms with Crippen molar-refractivity contribution in [2.45, 2.75) is 51.7 Å². The number of nitrogens with one attached hydrogen (secondary N) is 1. The largest absolute Gasteiger partial charge is 0.480 e. The Bertz CT molecular complexity index is 319. The second kappa shape index (κ2) is 6.75. The van der Waals surface area contributed by atoms with Gasteiger partial charge in [0, 0.05) is 6.54 Å². The van der Waals surface area contributed by atoms with E-state index >= 15 is 0 Å². The van der Waals surface area contributed by atoms with E-state index in [9.17, 15) is 9.59 Å². The van der Waals surface area contributed by atoms with Gasteiger partial charge in [-0.2, -0.15) is 0 Å². The molecule has 6 nitrogen and oxygen atoms in total. The van der Waals surface area contributed by atoms with Crippen LogP contribution < -0.4 is 5.32 Å². The number of aliphatic carboxylic acids is 1. The highest BCUT2D eigenvalue weighted by Crippen LogP contribution is 2.10. The molecule has 6 heteroatoms. The zero-order valence-electron chi connectivity index (χ0n) is 11.9. The maximum absolute atomic E-state index is 11.6. The summed E-state index contributed by atoms with van der Waals surface area (Å²) in [7, 11) is 0. The Morgan fingerprint density at radius 2 is 1.89 bits per heavy atom. The van der Waals surface area contributed by atoms with Crippen LogP contribution in [-0.4, -0.2) is 53.3 Å². The van der Waals surface area contributed by atoms with E-state index in [0.717, 1.165) is 25.9 Å². The van der Waals surface area contributed by atoms with Crippen LogP contribution in [0.15, 0.2) is 0 Å². The molecule has 1 atom stereocenters. The lowest BCUT2D eigenvalue weighted by atomic mass is 10.2. The van der Waals surface area contributed by atoms with Crippen molar-refractivity contribution >= 4 is 12.1 Å². The Balaban J connectivity index is 2.39. The second-order valence-electron chi connectivity index (χ2n) is 5.87. The summed E-state index contributed by atoms with van der Waals surface area (Å²) in [5.41, 5.74) is -0.623. The van der Waals surface area contributed by atoms with Gasteiger partial charge in [0.2, 0.25) is 0 Å². The SMILES string of the molecule is CC(C)(C)OC(=O)NC(CCN1CCCC1)C(=O)O. The maximum atomic E-state index is 11.6. The van der Waals surface area contributed by atoms with Crippen LogP contribution in [0.2, 0.25) is 0 Å². The average molecular weight is 272 g/mol. The number of nitrogens with zero attached hydrogens (tertiary/aromatic N) is 1. The van der Waals surface area contributed by atoms with E-state index in [1.54, 1.807) is 20.8 Å². The van der Waals surface area contributed by atoms with Crippen molar-refractivity contribution in [2.75, 3.05) is 19.6 Å². The molecule has 110 valence electrons. The van der Waals surface area contributed by atoms with Gasteiger partial charge in [-0.1, -0.05) is 0 Å². The molecule has 1 aliphatic rings. The Kier molecular flexibility index (Phi) is 5.60. The molecule has 0 aromatic carbocycles. The van der Waals surface area contributed by atoms with Crippen LogP contribution in [0.5, 0.6) is 0 Å². The van der Waals surface area contributed by atoms with Gasteiger partial charge in [-0.3, -0.25) is 0 Å². The monoisotopic (exact) mass is 272 g/mol. The highest BCUT2D eigenvalue weighted by atomic mass is 16.6. The smallest absolute Gasteiger partial charge is 0.408 e. The number of carbonyl (C=O) groups excluding carboxylic acids is 1. The Morgan fingerprint density at radius 1 is 1.32 bits per heavy atom. The number of carbonyl (C=O) groups is 2. The lowest BCUT2D eigenvalue weighted by Gasteiger charge is -2.23. The van der Waals surface area contributed by atoms with Gasteiger partial charge in [0.05, 0.1) is 0 Å². The van der Waals surface area contributed by atoms with E-state index in [0.29, 0.717) is 13.0 Å². The molecule has 0 aromatic rings. The summed E-state index contributed by atoms with van der Waals surface area (Å²) in [6.45, 7) is 7.94. The number of rotatable bonds is 5. The normalized spacial score (nSPS) is 18.1. The number of ether oxygens (including phenoxy) is 1. The van der Waals surface area contributed by atoms with Crippen LogP contribution in [-0.2, 0) is 9.53 Å². The van der Waals surface area contributed by atoms with Gasteiger partial charge < -0.3 is 20.1 Å². The lowest BCUT2D eigenvalue weighted by molar-refractivity contribution is -0.139. The summed E-state index contributed by atoms with van der Waals surface area (Å²) in [5, 5.41) is 11.5. The molecule has 0 radical (unpaired) electrons. The fourth-order valence-electron chi connectivity index (χ4n) is 2.03. The van der Waals surface area contributed by atoms with E-state index in [1.807, 2.05) is 0 Å². The summed E-state index contributed by atoms with van der Waals surface area (Å²) in [5.74, 6) is -1.02. The zero-order chi connectivity index (χ0) is 14.5. The first-order valence-corrected chi connectivity index (χ1v) is 6.72. The minimum atomic E-state index is -1.02. The number of carboxylic acid groups (broad SMARTS) is 1. The topological polar surface area (TPSA) is 78.9 Å². The second-order valence-corrected chi connectivity index (χ2v) is 5.87. The van der Waals surface area contributed by atoms with Gasteiger partial charge in [-0.25, -0.2) is 9.59 Å². The first-order chi connectivity index (χ1) is 8.78. The maximum Gasteiger partial charge on any atom is 0.408 e. The Morgan fingerprint density at radius 3 is 2.37 bits per heavy atom. The first kappa shape index (κ1) is 15.8. The molecule has 0 spiro atoms. The van der Waals surface area contributed by atoms with Crippen molar-refractivity contribution < 1.29 is 19.4 Å². The molecule has 1 unspecified atom stereocenters. The van der Waals surface area contributed by atoms with Crippen molar-refractivity contribution in [2.24, 2.45) is 0 Å². The number of likely N-dealkylation sites (tertiary alicyclic amines) is 1. The van der Waals surface area contributed by atoms with Crippen LogP contribution in [0.3, 0.4) is 0 Å². The third-order valence-electron chi connectivity index (χ3n) is 2.92. The average Bonchev–Trinajstić information content (AvgIpc) is 2.73. The molecular formula is C13H24N2O4. The van der Waals surface area contributed by atoms with E-state index in [-0.39, 0.29) is 0 Å². The van der Waals surface area contributed by atoms with Crippen LogP contribution in [0.4, 0.5) is 4.79 Å². The summed E-state index contributed by atoms with van der Waals surface area (Å²) < 4.78 is 5.06. The van der Waals surface area contributed by atoms with E-state index in [2.05, 4.69) is 10.2 Å². The van der Waals surface area contributed by atoms with Crippen LogP contribution >= 0.6 is 0 Å². The summed E-state index contributed by atoms with van der Waals surface area (Å²) in [6.07, 6.45) is 2.05. The summed E-state index contributed by atoms with van der Waals surface area (Å²) in [6, 6.07) is -0.893. The molecule has 0 bridgehead atoms. The van der Waals surface area contributed by atoms with Crippen molar-refractivity contribution in [3.8, 4) is 0 Å². The van der Waals surface area contributed by atoms with E-state index in [4.69, 9.17) is 9.84 Å². The fourth-order valence-corrected chi connectivity index (χ4v) is 2.03. The molecule has 1 saturated heterocycles. The third kappa shape index (κ3) is 6.42. The minimum absolute atomic E-state index is 0.397. The molecule has 1 heterocycles. The van der Waals surface area contributed by atoms with Gasteiger partial charge in [-0.15, -0.1) is 0 Å². The van der Waals surface area contributed by atoms with Gasteiger partial charge in [0.1, 0.15) is 11.6 Å². The van der Waals surface area contributed by atoms with Gasteiger partial charge in [0.15, 0.2) is 0 Å². The van der Waals surface area contributed by atoms with E-state index in [1.165, 1.54) is 0 Å². The Hall–Kier alpha value is -1.30. The predicted octanol–water partition coefficient (Wildman–Crippen LogP) is 1.45. The van der Waals surface area contributed by atoms with Gasteiger partial charge >= 0.3 is 12.1 Å². The number of hydrogen-bond acceptors (Lipinski definition) is 4. The molecule has 1 aliphatic heterocycles. The highest BCUT2D eigenvalue weighted by molar-refractivity contribution is 5.79. The molecule has 0 aromatic heterocycles. The lowest BCUT2D eigenvalue weighted by Crippen LogP contribution is -2.45. The number of amides is 1. The molecule has 19 heavy (non-hydrogen) atoms. The van der Waals surface area contributed by atoms with Crippen molar-refractivity contribution in [3.05, 3.63) is 0 Å². The van der Waals surface area contributed by atoms with Crippen molar-refractivity contribution in [1.29, 1.82) is 0 Å². The number of hydrogen-bond donors (Lipinski definition) is 2. The molecule has 1 fully saturated rings. The van der Waals surface area contributed by atoms with E-state index < -0.39 is 23.7 Å². The summed E-state index contributed by atoms with van der Waals surface area (Å²) in [4.78, 5) is 24.9. The van der Waals surface area contributed by atoms with Crippen LogP contribution in [0.25, 0.3) is 0 Å². The number of carboxylic acids is 1. The fraction of sp³-hybridized carbons (Fsp3) is 0.846. The molecule has 2 N–H and O–H groups in total. The molecule has 0 saturated carbocycles. The Labute approximate surface area is 114 Å². The highest BCUT2D eigenvalue weighted by Gasteiger charge is 2.24. The minimum Gasteiger partial charge on any atom is -0.480 e. The van der Waals surface area contributed by atoms with Crippen LogP contribution in [0, 0.1) is 0 Å². The predicted molar refractivity (Wildman–Crippen MR) is 71.1 cm³/mol.